The number of benzene rings is 1. The SMILES string of the molecule is Cc1[c]ccc(S(=O)(=O)N(C)C)c1. The molecular formula is C9H12NO2S. The molecule has 0 spiro atoms. The molecule has 0 aliphatic rings. The predicted octanol–water partition coefficient (Wildman–Crippen LogP) is 1.05. The van der Waals surface area contributed by atoms with Gasteiger partial charge in [0.15, 0.2) is 0 Å². The minimum atomic E-state index is -3.29. The van der Waals surface area contributed by atoms with Crippen LogP contribution in [0.15, 0.2) is 23.1 Å². The first-order valence-corrected chi connectivity index (χ1v) is 5.29. The Morgan fingerprint density at radius 3 is 2.46 bits per heavy atom. The third-order valence-corrected chi connectivity index (χ3v) is 3.51. The maximum Gasteiger partial charge on any atom is 0.242 e. The average molecular weight is 198 g/mol. The van der Waals surface area contributed by atoms with Gasteiger partial charge in [0.2, 0.25) is 10.0 Å². The normalized spacial score (nSPS) is 12.0. The molecule has 71 valence electrons. The van der Waals surface area contributed by atoms with Crippen molar-refractivity contribution in [1.82, 2.24) is 4.31 Å². The van der Waals surface area contributed by atoms with E-state index in [1.807, 2.05) is 6.92 Å². The Kier molecular flexibility index (Phi) is 2.73. The van der Waals surface area contributed by atoms with Gasteiger partial charge in [-0.2, -0.15) is 0 Å². The van der Waals surface area contributed by atoms with Gasteiger partial charge < -0.3 is 0 Å². The molecule has 1 radical (unpaired) electrons. The second kappa shape index (κ2) is 3.47. The van der Waals surface area contributed by atoms with Gasteiger partial charge in [-0.1, -0.05) is 6.07 Å². The van der Waals surface area contributed by atoms with Gasteiger partial charge in [-0.3, -0.25) is 0 Å². The van der Waals surface area contributed by atoms with Crippen LogP contribution >= 0.6 is 0 Å². The summed E-state index contributed by atoms with van der Waals surface area (Å²) in [6, 6.07) is 7.67. The summed E-state index contributed by atoms with van der Waals surface area (Å²) in [4.78, 5) is 0.314. The molecule has 0 N–H and O–H groups in total. The van der Waals surface area contributed by atoms with Gasteiger partial charge in [0.1, 0.15) is 0 Å². The lowest BCUT2D eigenvalue weighted by atomic mass is 10.2. The molecule has 0 saturated heterocycles. The van der Waals surface area contributed by atoms with E-state index in [1.165, 1.54) is 18.4 Å². The Hall–Kier alpha value is -0.870. The zero-order valence-electron chi connectivity index (χ0n) is 7.90. The maximum atomic E-state index is 11.6. The second-order valence-corrected chi connectivity index (χ2v) is 5.15. The number of aryl methyl sites for hydroxylation is 1. The molecule has 3 nitrogen and oxygen atoms in total. The van der Waals surface area contributed by atoms with E-state index >= 15 is 0 Å². The molecule has 0 fully saturated rings. The lowest BCUT2D eigenvalue weighted by Gasteiger charge is -2.11. The Morgan fingerprint density at radius 2 is 2.00 bits per heavy atom. The Morgan fingerprint density at radius 1 is 1.38 bits per heavy atom. The molecule has 1 aromatic carbocycles. The molecule has 0 aliphatic carbocycles. The van der Waals surface area contributed by atoms with Crippen LogP contribution in [-0.4, -0.2) is 26.8 Å². The van der Waals surface area contributed by atoms with E-state index < -0.39 is 10.0 Å². The Balaban J connectivity index is 3.24. The van der Waals surface area contributed by atoms with Gasteiger partial charge in [0.25, 0.3) is 0 Å². The third-order valence-electron chi connectivity index (χ3n) is 1.70. The summed E-state index contributed by atoms with van der Waals surface area (Å²) in [6.45, 7) is 1.81. The van der Waals surface area contributed by atoms with Gasteiger partial charge in [0.05, 0.1) is 4.90 Å². The quantitative estimate of drug-likeness (QED) is 0.712. The van der Waals surface area contributed by atoms with Gasteiger partial charge in [-0.05, 0) is 30.7 Å². The van der Waals surface area contributed by atoms with Crippen LogP contribution in [0.3, 0.4) is 0 Å². The van der Waals surface area contributed by atoms with E-state index in [4.69, 9.17) is 0 Å². The topological polar surface area (TPSA) is 37.4 Å². The van der Waals surface area contributed by atoms with E-state index in [0.717, 1.165) is 5.56 Å². The van der Waals surface area contributed by atoms with Crippen molar-refractivity contribution >= 4 is 10.0 Å². The highest BCUT2D eigenvalue weighted by Gasteiger charge is 2.16. The van der Waals surface area contributed by atoms with Crippen LogP contribution in [0.5, 0.6) is 0 Å². The van der Waals surface area contributed by atoms with Gasteiger partial charge in [0, 0.05) is 14.1 Å². The largest absolute Gasteiger partial charge is 0.242 e. The first kappa shape index (κ1) is 10.2. The third kappa shape index (κ3) is 2.08. The van der Waals surface area contributed by atoms with E-state index in [2.05, 4.69) is 6.07 Å². The van der Waals surface area contributed by atoms with Crippen molar-refractivity contribution in [3.63, 3.8) is 0 Å². The minimum Gasteiger partial charge on any atom is -0.207 e. The van der Waals surface area contributed by atoms with Crippen molar-refractivity contribution in [1.29, 1.82) is 0 Å². The van der Waals surface area contributed by atoms with Crippen molar-refractivity contribution in [3.05, 3.63) is 29.8 Å². The van der Waals surface area contributed by atoms with Gasteiger partial charge in [-0.25, -0.2) is 12.7 Å². The van der Waals surface area contributed by atoms with Crippen LogP contribution in [0.25, 0.3) is 0 Å². The molecule has 0 atom stereocenters. The maximum absolute atomic E-state index is 11.6. The summed E-state index contributed by atoms with van der Waals surface area (Å²) < 4.78 is 24.4. The van der Waals surface area contributed by atoms with Crippen LogP contribution in [-0.2, 0) is 10.0 Å². The molecule has 0 saturated carbocycles. The lowest BCUT2D eigenvalue weighted by Crippen LogP contribution is -2.22. The van der Waals surface area contributed by atoms with Crippen molar-refractivity contribution in [2.75, 3.05) is 14.1 Å². The molecule has 0 aliphatic heterocycles. The number of hydrogen-bond acceptors (Lipinski definition) is 2. The molecule has 4 heteroatoms. The minimum absolute atomic E-state index is 0.314. The summed E-state index contributed by atoms with van der Waals surface area (Å²) in [5.74, 6) is 0. The van der Waals surface area contributed by atoms with Crippen LogP contribution < -0.4 is 0 Å². The summed E-state index contributed by atoms with van der Waals surface area (Å²) >= 11 is 0. The summed E-state index contributed by atoms with van der Waals surface area (Å²) in [6.07, 6.45) is 0. The van der Waals surface area contributed by atoms with E-state index in [-0.39, 0.29) is 0 Å². The van der Waals surface area contributed by atoms with Crippen LogP contribution in [0, 0.1) is 13.0 Å². The molecule has 0 heterocycles. The monoisotopic (exact) mass is 198 g/mol. The highest BCUT2D eigenvalue weighted by atomic mass is 32.2. The lowest BCUT2D eigenvalue weighted by molar-refractivity contribution is 0.520. The highest BCUT2D eigenvalue weighted by Crippen LogP contribution is 2.13. The molecule has 0 amide bonds. The summed E-state index contributed by atoms with van der Waals surface area (Å²) in [7, 11) is -0.256. The highest BCUT2D eigenvalue weighted by molar-refractivity contribution is 7.89. The molecule has 0 unspecified atom stereocenters. The first-order valence-electron chi connectivity index (χ1n) is 3.85. The fourth-order valence-corrected chi connectivity index (χ4v) is 1.92. The molecular weight excluding hydrogens is 186 g/mol. The van der Waals surface area contributed by atoms with Crippen molar-refractivity contribution in [2.45, 2.75) is 11.8 Å². The molecule has 13 heavy (non-hydrogen) atoms. The van der Waals surface area contributed by atoms with Crippen LogP contribution in [0.2, 0.25) is 0 Å². The molecule has 1 aromatic rings. The van der Waals surface area contributed by atoms with Gasteiger partial charge >= 0.3 is 0 Å². The zero-order valence-corrected chi connectivity index (χ0v) is 8.72. The number of rotatable bonds is 2. The van der Waals surface area contributed by atoms with Crippen molar-refractivity contribution < 1.29 is 8.42 Å². The van der Waals surface area contributed by atoms with Crippen molar-refractivity contribution in [3.8, 4) is 0 Å². The summed E-state index contributed by atoms with van der Waals surface area (Å²) in [5, 5.41) is 0. The zero-order chi connectivity index (χ0) is 10.1. The number of nitrogens with zero attached hydrogens (tertiary/aromatic N) is 1. The van der Waals surface area contributed by atoms with E-state index in [1.54, 1.807) is 18.2 Å². The predicted molar refractivity (Wildman–Crippen MR) is 50.9 cm³/mol. The van der Waals surface area contributed by atoms with Crippen LogP contribution in [0.4, 0.5) is 0 Å². The standard InChI is InChI=1S/C9H12NO2S/c1-8-5-4-6-9(7-8)13(11,12)10(2)3/h4,6-7H,1-3H3. The molecule has 0 bridgehead atoms. The second-order valence-electron chi connectivity index (χ2n) is 2.99. The Bertz CT molecular complexity index is 396. The number of sulfonamides is 1. The average Bonchev–Trinajstić information content (AvgIpc) is 2.04. The van der Waals surface area contributed by atoms with Crippen molar-refractivity contribution in [2.24, 2.45) is 0 Å². The van der Waals surface area contributed by atoms with Crippen LogP contribution in [0.1, 0.15) is 5.56 Å². The number of hydrogen-bond donors (Lipinski definition) is 0. The van der Waals surface area contributed by atoms with Gasteiger partial charge in [-0.15, -0.1) is 0 Å². The Labute approximate surface area is 79.0 Å². The molecule has 0 aromatic heterocycles. The smallest absolute Gasteiger partial charge is 0.207 e. The van der Waals surface area contributed by atoms with E-state index in [0.29, 0.717) is 4.90 Å². The van der Waals surface area contributed by atoms with E-state index in [9.17, 15) is 8.42 Å². The fraction of sp³-hybridized carbons (Fsp3) is 0.333. The molecule has 1 rings (SSSR count). The fourth-order valence-electron chi connectivity index (χ4n) is 0.930. The summed E-state index contributed by atoms with van der Waals surface area (Å²) in [5.41, 5.74) is 0.822. The first-order chi connectivity index (χ1) is 5.94.